The van der Waals surface area contributed by atoms with Crippen molar-refractivity contribution in [2.24, 2.45) is 5.73 Å². The molecule has 0 unspecified atom stereocenters. The van der Waals surface area contributed by atoms with Crippen molar-refractivity contribution < 1.29 is 9.53 Å². The van der Waals surface area contributed by atoms with Crippen LogP contribution in [0.5, 0.6) is 0 Å². The van der Waals surface area contributed by atoms with Crippen LogP contribution in [-0.4, -0.2) is 44.2 Å². The first kappa shape index (κ1) is 11.4. The van der Waals surface area contributed by atoms with Crippen molar-refractivity contribution in [1.29, 1.82) is 0 Å². The molecule has 0 aromatic carbocycles. The summed E-state index contributed by atoms with van der Waals surface area (Å²) in [5, 5.41) is 0. The Hall–Kier alpha value is -0.610. The zero-order chi connectivity index (χ0) is 9.40. The Balaban J connectivity index is 3.40. The fraction of sp³-hybridized carbons (Fsp3) is 0.875. The van der Waals surface area contributed by atoms with Crippen molar-refractivity contribution in [2.75, 3.05) is 33.3 Å². The Bertz CT molecular complexity index is 128. The molecule has 72 valence electrons. The maximum absolute atomic E-state index is 10.9. The molecule has 0 fully saturated rings. The first-order valence-electron chi connectivity index (χ1n) is 4.25. The molecule has 0 atom stereocenters. The molecule has 12 heavy (non-hydrogen) atoms. The topological polar surface area (TPSA) is 55.6 Å². The van der Waals surface area contributed by atoms with Crippen molar-refractivity contribution >= 4 is 5.97 Å². The number of hydrogen-bond donors (Lipinski definition) is 1. The van der Waals surface area contributed by atoms with E-state index >= 15 is 0 Å². The van der Waals surface area contributed by atoms with Gasteiger partial charge >= 0.3 is 5.97 Å². The average Bonchev–Trinajstić information content (AvgIpc) is 2.01. The lowest BCUT2D eigenvalue weighted by Crippen LogP contribution is -2.29. The zero-order valence-electron chi connectivity index (χ0n) is 7.88. The van der Waals surface area contributed by atoms with Crippen LogP contribution in [0.15, 0.2) is 0 Å². The smallest absolute Gasteiger partial charge is 0.320 e. The van der Waals surface area contributed by atoms with Crippen LogP contribution in [0.25, 0.3) is 0 Å². The highest BCUT2D eigenvalue weighted by Crippen LogP contribution is 1.87. The lowest BCUT2D eigenvalue weighted by atomic mass is 10.4. The molecular formula is C8H18N2O2. The normalized spacial score (nSPS) is 10.3. The van der Waals surface area contributed by atoms with Gasteiger partial charge in [0.05, 0.1) is 13.2 Å². The number of esters is 1. The highest BCUT2D eigenvalue weighted by Gasteiger charge is 2.05. The highest BCUT2D eigenvalue weighted by atomic mass is 16.5. The van der Waals surface area contributed by atoms with Gasteiger partial charge in [0, 0.05) is 0 Å². The van der Waals surface area contributed by atoms with E-state index in [0.29, 0.717) is 19.7 Å². The van der Waals surface area contributed by atoms with E-state index in [1.165, 1.54) is 0 Å². The minimum absolute atomic E-state index is 0.169. The first-order valence-corrected chi connectivity index (χ1v) is 4.25. The quantitative estimate of drug-likeness (QED) is 0.568. The summed E-state index contributed by atoms with van der Waals surface area (Å²) in [7, 11) is 1.88. The number of nitrogens with two attached hydrogens (primary N) is 1. The lowest BCUT2D eigenvalue weighted by Gasteiger charge is -2.14. The SMILES string of the molecule is CCOC(=O)CN(C)CCCN. The number of likely N-dealkylation sites (N-methyl/N-ethyl adjacent to an activating group) is 1. The van der Waals surface area contributed by atoms with E-state index in [1.54, 1.807) is 6.92 Å². The van der Waals surface area contributed by atoms with Crippen molar-refractivity contribution in [2.45, 2.75) is 13.3 Å². The Kier molecular flexibility index (Phi) is 6.70. The molecule has 0 saturated heterocycles. The highest BCUT2D eigenvalue weighted by molar-refractivity contribution is 5.71. The minimum atomic E-state index is -0.169. The molecule has 0 spiro atoms. The lowest BCUT2D eigenvalue weighted by molar-refractivity contribution is -0.144. The Morgan fingerprint density at radius 2 is 2.25 bits per heavy atom. The minimum Gasteiger partial charge on any atom is -0.465 e. The molecule has 0 heterocycles. The van der Waals surface area contributed by atoms with Gasteiger partial charge in [-0.15, -0.1) is 0 Å². The Labute approximate surface area is 73.7 Å². The maximum Gasteiger partial charge on any atom is 0.320 e. The Morgan fingerprint density at radius 3 is 2.75 bits per heavy atom. The van der Waals surface area contributed by atoms with Crippen molar-refractivity contribution in [3.05, 3.63) is 0 Å². The first-order chi connectivity index (χ1) is 5.70. The molecule has 0 radical (unpaired) electrons. The molecule has 0 aromatic rings. The third-order valence-corrected chi connectivity index (χ3v) is 1.45. The van der Waals surface area contributed by atoms with Gasteiger partial charge in [0.1, 0.15) is 0 Å². The zero-order valence-corrected chi connectivity index (χ0v) is 7.88. The van der Waals surface area contributed by atoms with E-state index in [2.05, 4.69) is 0 Å². The van der Waals surface area contributed by atoms with Gasteiger partial charge in [0.15, 0.2) is 0 Å². The maximum atomic E-state index is 10.9. The van der Waals surface area contributed by atoms with Crippen LogP contribution in [0, 0.1) is 0 Å². The second-order valence-corrected chi connectivity index (χ2v) is 2.69. The molecule has 2 N–H and O–H groups in total. The van der Waals surface area contributed by atoms with Gasteiger partial charge in [-0.3, -0.25) is 9.69 Å². The number of rotatable bonds is 6. The van der Waals surface area contributed by atoms with E-state index in [-0.39, 0.29) is 5.97 Å². The molecule has 0 rings (SSSR count). The standard InChI is InChI=1S/C8H18N2O2/c1-3-12-8(11)7-10(2)6-4-5-9/h3-7,9H2,1-2H3. The van der Waals surface area contributed by atoms with Crippen molar-refractivity contribution in [3.63, 3.8) is 0 Å². The molecule has 0 bridgehead atoms. The van der Waals surface area contributed by atoms with E-state index in [4.69, 9.17) is 10.5 Å². The van der Waals surface area contributed by atoms with Crippen molar-refractivity contribution in [3.8, 4) is 0 Å². The van der Waals surface area contributed by atoms with Crippen LogP contribution in [0.4, 0.5) is 0 Å². The second-order valence-electron chi connectivity index (χ2n) is 2.69. The van der Waals surface area contributed by atoms with Crippen LogP contribution in [0.1, 0.15) is 13.3 Å². The molecule has 4 heteroatoms. The molecule has 0 aromatic heterocycles. The van der Waals surface area contributed by atoms with E-state index < -0.39 is 0 Å². The van der Waals surface area contributed by atoms with Crippen LogP contribution in [0.2, 0.25) is 0 Å². The predicted octanol–water partition coefficient (Wildman–Crippen LogP) is -0.170. The summed E-state index contributed by atoms with van der Waals surface area (Å²) in [5.41, 5.74) is 5.32. The number of ether oxygens (including phenoxy) is 1. The van der Waals surface area contributed by atoms with E-state index in [9.17, 15) is 4.79 Å². The monoisotopic (exact) mass is 174 g/mol. The largest absolute Gasteiger partial charge is 0.465 e. The second kappa shape index (κ2) is 7.06. The van der Waals surface area contributed by atoms with Crippen LogP contribution in [0.3, 0.4) is 0 Å². The van der Waals surface area contributed by atoms with Crippen molar-refractivity contribution in [1.82, 2.24) is 4.90 Å². The van der Waals surface area contributed by atoms with Gasteiger partial charge < -0.3 is 10.5 Å². The molecule has 0 saturated carbocycles. The average molecular weight is 174 g/mol. The summed E-state index contributed by atoms with van der Waals surface area (Å²) in [6.07, 6.45) is 0.913. The molecular weight excluding hydrogens is 156 g/mol. The Morgan fingerprint density at radius 1 is 1.58 bits per heavy atom. The fourth-order valence-corrected chi connectivity index (χ4v) is 0.867. The number of nitrogens with zero attached hydrogens (tertiary/aromatic N) is 1. The van der Waals surface area contributed by atoms with Gasteiger partial charge in [-0.25, -0.2) is 0 Å². The molecule has 4 nitrogen and oxygen atoms in total. The summed E-state index contributed by atoms with van der Waals surface area (Å²) in [5.74, 6) is -0.169. The molecule has 0 aliphatic heterocycles. The fourth-order valence-electron chi connectivity index (χ4n) is 0.867. The number of carbonyl (C=O) groups is 1. The van der Waals surface area contributed by atoms with E-state index in [0.717, 1.165) is 13.0 Å². The summed E-state index contributed by atoms with van der Waals surface area (Å²) < 4.78 is 4.78. The van der Waals surface area contributed by atoms with Gasteiger partial charge in [-0.05, 0) is 33.5 Å². The van der Waals surface area contributed by atoms with Gasteiger partial charge in [0.25, 0.3) is 0 Å². The van der Waals surface area contributed by atoms with Gasteiger partial charge in [-0.1, -0.05) is 0 Å². The number of hydrogen-bond acceptors (Lipinski definition) is 4. The summed E-state index contributed by atoms with van der Waals surface area (Å²) >= 11 is 0. The van der Waals surface area contributed by atoms with Gasteiger partial charge in [-0.2, -0.15) is 0 Å². The van der Waals surface area contributed by atoms with Gasteiger partial charge in [0.2, 0.25) is 0 Å². The third kappa shape index (κ3) is 6.12. The summed E-state index contributed by atoms with van der Waals surface area (Å²) in [6, 6.07) is 0. The van der Waals surface area contributed by atoms with Crippen LogP contribution >= 0.6 is 0 Å². The molecule has 0 amide bonds. The molecule has 0 aliphatic carbocycles. The summed E-state index contributed by atoms with van der Waals surface area (Å²) in [4.78, 5) is 12.8. The van der Waals surface area contributed by atoms with Crippen LogP contribution in [-0.2, 0) is 9.53 Å². The molecule has 0 aliphatic rings. The summed E-state index contributed by atoms with van der Waals surface area (Å²) in [6.45, 7) is 4.11. The predicted molar refractivity (Wildman–Crippen MR) is 47.8 cm³/mol. The van der Waals surface area contributed by atoms with Crippen LogP contribution < -0.4 is 5.73 Å². The third-order valence-electron chi connectivity index (χ3n) is 1.45. The van der Waals surface area contributed by atoms with E-state index in [1.807, 2.05) is 11.9 Å². The number of carbonyl (C=O) groups excluding carboxylic acids is 1.